The Hall–Kier alpha value is -1.55. The fraction of sp³-hybridized carbons (Fsp3) is 0.316. The smallest absolute Gasteiger partial charge is 0.253 e. The van der Waals surface area contributed by atoms with E-state index in [1.165, 1.54) is 0 Å². The number of likely N-dealkylation sites (tertiary alicyclic amines) is 1. The highest BCUT2D eigenvalue weighted by Crippen LogP contribution is 2.31. The highest BCUT2D eigenvalue weighted by molar-refractivity contribution is 6.42. The number of amides is 1. The molecule has 1 N–H and O–H groups in total. The van der Waals surface area contributed by atoms with Crippen molar-refractivity contribution in [2.45, 2.75) is 18.9 Å². The van der Waals surface area contributed by atoms with E-state index in [4.69, 9.17) is 23.2 Å². The summed E-state index contributed by atoms with van der Waals surface area (Å²) in [6, 6.07) is 14.5. The molecule has 126 valence electrons. The van der Waals surface area contributed by atoms with Gasteiger partial charge in [0, 0.05) is 24.6 Å². The summed E-state index contributed by atoms with van der Waals surface area (Å²) < 4.78 is 0. The van der Waals surface area contributed by atoms with Crippen molar-refractivity contribution in [1.82, 2.24) is 4.90 Å². The zero-order valence-corrected chi connectivity index (χ0v) is 14.7. The van der Waals surface area contributed by atoms with Crippen LogP contribution >= 0.6 is 23.2 Å². The van der Waals surface area contributed by atoms with E-state index in [9.17, 15) is 9.90 Å². The van der Waals surface area contributed by atoms with Gasteiger partial charge < -0.3 is 10.0 Å². The highest BCUT2D eigenvalue weighted by Gasteiger charge is 2.29. The molecular weight excluding hydrogens is 345 g/mol. The molecule has 0 bridgehead atoms. The molecular formula is C19H19Cl2NO2. The third kappa shape index (κ3) is 3.75. The number of benzene rings is 2. The topological polar surface area (TPSA) is 40.5 Å². The summed E-state index contributed by atoms with van der Waals surface area (Å²) in [7, 11) is 0. The van der Waals surface area contributed by atoms with Crippen molar-refractivity contribution in [1.29, 1.82) is 0 Å². The van der Waals surface area contributed by atoms with Gasteiger partial charge in [-0.1, -0.05) is 53.5 Å². The van der Waals surface area contributed by atoms with Crippen LogP contribution in [0.25, 0.3) is 0 Å². The predicted octanol–water partition coefficient (Wildman–Crippen LogP) is 4.58. The number of hydrogen-bond donors (Lipinski definition) is 1. The number of nitrogens with zero attached hydrogens (tertiary/aromatic N) is 1. The van der Waals surface area contributed by atoms with Crippen LogP contribution in [-0.2, 0) is 0 Å². The molecule has 1 aliphatic heterocycles. The fourth-order valence-electron chi connectivity index (χ4n) is 3.19. The second-order valence-corrected chi connectivity index (χ2v) is 6.95. The van der Waals surface area contributed by atoms with Crippen LogP contribution in [0.2, 0.25) is 10.0 Å². The van der Waals surface area contributed by atoms with Crippen molar-refractivity contribution in [3.05, 3.63) is 69.7 Å². The first-order chi connectivity index (χ1) is 11.6. The Morgan fingerprint density at radius 1 is 1.12 bits per heavy atom. The van der Waals surface area contributed by atoms with Gasteiger partial charge in [0.1, 0.15) is 0 Å². The Bertz CT molecular complexity index is 721. The van der Waals surface area contributed by atoms with Crippen LogP contribution in [0, 0.1) is 5.92 Å². The molecule has 0 spiro atoms. The molecule has 0 saturated carbocycles. The second-order valence-electron chi connectivity index (χ2n) is 6.14. The molecule has 1 fully saturated rings. The maximum Gasteiger partial charge on any atom is 0.253 e. The van der Waals surface area contributed by atoms with Crippen LogP contribution in [0.4, 0.5) is 0 Å². The van der Waals surface area contributed by atoms with Crippen molar-refractivity contribution in [3.63, 3.8) is 0 Å². The molecule has 24 heavy (non-hydrogen) atoms. The summed E-state index contributed by atoms with van der Waals surface area (Å²) >= 11 is 11.9. The Balaban J connectivity index is 1.73. The van der Waals surface area contributed by atoms with E-state index >= 15 is 0 Å². The first-order valence-corrected chi connectivity index (χ1v) is 8.79. The van der Waals surface area contributed by atoms with Gasteiger partial charge in [0.25, 0.3) is 5.91 Å². The van der Waals surface area contributed by atoms with Gasteiger partial charge in [0.15, 0.2) is 0 Å². The van der Waals surface area contributed by atoms with Crippen molar-refractivity contribution in [2.24, 2.45) is 5.92 Å². The van der Waals surface area contributed by atoms with E-state index in [0.29, 0.717) is 28.7 Å². The minimum Gasteiger partial charge on any atom is -0.388 e. The Kier molecular flexibility index (Phi) is 5.44. The van der Waals surface area contributed by atoms with Gasteiger partial charge in [-0.15, -0.1) is 0 Å². The summed E-state index contributed by atoms with van der Waals surface area (Å²) in [4.78, 5) is 14.5. The molecule has 1 saturated heterocycles. The number of aliphatic hydroxyl groups excluding tert-OH is 1. The molecule has 1 heterocycles. The van der Waals surface area contributed by atoms with Gasteiger partial charge >= 0.3 is 0 Å². The van der Waals surface area contributed by atoms with Crippen molar-refractivity contribution >= 4 is 29.1 Å². The average Bonchev–Trinajstić information content (AvgIpc) is 2.63. The number of aliphatic hydroxyl groups is 1. The SMILES string of the molecule is O=C(c1ccc(Cl)c(Cl)c1)N1CCCC([C@@H](O)c2ccccc2)C1. The van der Waals surface area contributed by atoms with Gasteiger partial charge in [-0.05, 0) is 36.6 Å². The minimum atomic E-state index is -0.560. The van der Waals surface area contributed by atoms with Crippen LogP contribution in [0.1, 0.15) is 34.9 Å². The van der Waals surface area contributed by atoms with Gasteiger partial charge in [0.2, 0.25) is 0 Å². The third-order valence-corrected chi connectivity index (χ3v) is 5.24. The molecule has 1 aliphatic rings. The number of piperidine rings is 1. The van der Waals surface area contributed by atoms with Crippen LogP contribution in [0.3, 0.4) is 0 Å². The number of hydrogen-bond acceptors (Lipinski definition) is 2. The molecule has 1 amide bonds. The van der Waals surface area contributed by atoms with E-state index in [2.05, 4.69) is 0 Å². The highest BCUT2D eigenvalue weighted by atomic mass is 35.5. The lowest BCUT2D eigenvalue weighted by molar-refractivity contribution is 0.0401. The molecule has 3 rings (SSSR count). The van der Waals surface area contributed by atoms with Crippen LogP contribution < -0.4 is 0 Å². The zero-order chi connectivity index (χ0) is 17.1. The van der Waals surface area contributed by atoms with Crippen molar-refractivity contribution < 1.29 is 9.90 Å². The second kappa shape index (κ2) is 7.56. The summed E-state index contributed by atoms with van der Waals surface area (Å²) in [5.41, 5.74) is 1.42. The molecule has 2 aromatic carbocycles. The minimum absolute atomic E-state index is 0.0351. The maximum atomic E-state index is 12.7. The lowest BCUT2D eigenvalue weighted by Crippen LogP contribution is -2.41. The molecule has 2 atom stereocenters. The molecule has 1 unspecified atom stereocenters. The van der Waals surface area contributed by atoms with E-state index in [1.54, 1.807) is 23.1 Å². The number of halogens is 2. The lowest BCUT2D eigenvalue weighted by atomic mass is 9.88. The first-order valence-electron chi connectivity index (χ1n) is 8.03. The van der Waals surface area contributed by atoms with Crippen LogP contribution in [0.5, 0.6) is 0 Å². The quantitative estimate of drug-likeness (QED) is 0.866. The Labute approximate surface area is 151 Å². The van der Waals surface area contributed by atoms with E-state index in [0.717, 1.165) is 18.4 Å². The molecule has 0 radical (unpaired) electrons. The van der Waals surface area contributed by atoms with Gasteiger partial charge in [-0.25, -0.2) is 0 Å². The number of carbonyl (C=O) groups excluding carboxylic acids is 1. The summed E-state index contributed by atoms with van der Waals surface area (Å²) in [6.45, 7) is 1.23. The summed E-state index contributed by atoms with van der Waals surface area (Å²) in [5, 5.41) is 11.4. The summed E-state index contributed by atoms with van der Waals surface area (Å²) in [6.07, 6.45) is 1.22. The van der Waals surface area contributed by atoms with Crippen LogP contribution in [-0.4, -0.2) is 29.0 Å². The molecule has 0 aliphatic carbocycles. The third-order valence-electron chi connectivity index (χ3n) is 4.50. The lowest BCUT2D eigenvalue weighted by Gasteiger charge is -2.35. The van der Waals surface area contributed by atoms with E-state index < -0.39 is 6.10 Å². The summed E-state index contributed by atoms with van der Waals surface area (Å²) in [5.74, 6) is -0.0357. The standard InChI is InChI=1S/C19H19Cl2NO2/c20-16-9-8-14(11-17(16)21)19(24)22-10-4-7-15(12-22)18(23)13-5-2-1-3-6-13/h1-3,5-6,8-9,11,15,18,23H,4,7,10,12H2/t15?,18-/m0/s1. The van der Waals surface area contributed by atoms with Gasteiger partial charge in [-0.3, -0.25) is 4.79 Å². The first kappa shape index (κ1) is 17.3. The average molecular weight is 364 g/mol. The molecule has 3 nitrogen and oxygen atoms in total. The zero-order valence-electron chi connectivity index (χ0n) is 13.2. The fourth-order valence-corrected chi connectivity index (χ4v) is 3.48. The predicted molar refractivity (Wildman–Crippen MR) is 96.5 cm³/mol. The van der Waals surface area contributed by atoms with Crippen molar-refractivity contribution in [3.8, 4) is 0 Å². The van der Waals surface area contributed by atoms with Crippen molar-refractivity contribution in [2.75, 3.05) is 13.1 Å². The monoisotopic (exact) mass is 363 g/mol. The number of carbonyl (C=O) groups is 1. The van der Waals surface area contributed by atoms with E-state index in [-0.39, 0.29) is 11.8 Å². The van der Waals surface area contributed by atoms with Crippen LogP contribution in [0.15, 0.2) is 48.5 Å². The Morgan fingerprint density at radius 3 is 2.58 bits per heavy atom. The van der Waals surface area contributed by atoms with Gasteiger partial charge in [0.05, 0.1) is 16.1 Å². The Morgan fingerprint density at radius 2 is 1.88 bits per heavy atom. The van der Waals surface area contributed by atoms with E-state index in [1.807, 2.05) is 30.3 Å². The van der Waals surface area contributed by atoms with Gasteiger partial charge in [-0.2, -0.15) is 0 Å². The molecule has 0 aromatic heterocycles. The molecule has 5 heteroatoms. The largest absolute Gasteiger partial charge is 0.388 e. The maximum absolute atomic E-state index is 12.7. The number of rotatable bonds is 3. The normalized spacial score (nSPS) is 19.1. The molecule has 2 aromatic rings.